The van der Waals surface area contributed by atoms with Gasteiger partial charge in [0.15, 0.2) is 12.4 Å². The van der Waals surface area contributed by atoms with Crippen LogP contribution in [0.25, 0.3) is 0 Å². The van der Waals surface area contributed by atoms with Crippen LogP contribution in [0.4, 0.5) is 0 Å². The van der Waals surface area contributed by atoms with Crippen LogP contribution in [0.2, 0.25) is 5.02 Å². The number of Topliss-reactive ketones (excluding diaryl/α,β-unsaturated/α-hetero) is 1. The Morgan fingerprint density at radius 3 is 2.67 bits per heavy atom. The number of ether oxygens (including phenoxy) is 1. The second-order valence-corrected chi connectivity index (χ2v) is 5.19. The number of hydrogen-bond donors (Lipinski definition) is 0. The van der Waals surface area contributed by atoms with Gasteiger partial charge in [-0.1, -0.05) is 29.3 Å². The first kappa shape index (κ1) is 15.1. The van der Waals surface area contributed by atoms with Crippen LogP contribution >= 0.6 is 11.6 Å². The second-order valence-electron chi connectivity index (χ2n) is 4.78. The van der Waals surface area contributed by atoms with Gasteiger partial charge >= 0.3 is 0 Å². The smallest absolute Gasteiger partial charge is 0.200 e. The van der Waals surface area contributed by atoms with E-state index in [1.54, 1.807) is 12.1 Å². The van der Waals surface area contributed by atoms with Crippen molar-refractivity contribution in [3.8, 4) is 11.8 Å². The molecule has 0 bridgehead atoms. The minimum absolute atomic E-state index is 0.0630. The molecule has 3 nitrogen and oxygen atoms in total. The molecular formula is C17H14ClNO2. The number of benzene rings is 2. The third kappa shape index (κ3) is 3.62. The summed E-state index contributed by atoms with van der Waals surface area (Å²) in [5.74, 6) is 0.384. The van der Waals surface area contributed by atoms with Gasteiger partial charge in [0.25, 0.3) is 0 Å². The van der Waals surface area contributed by atoms with Crippen molar-refractivity contribution in [2.75, 3.05) is 6.61 Å². The summed E-state index contributed by atoms with van der Waals surface area (Å²) in [4.78, 5) is 12.2. The van der Waals surface area contributed by atoms with Crippen LogP contribution in [0.3, 0.4) is 0 Å². The van der Waals surface area contributed by atoms with Crippen molar-refractivity contribution in [3.63, 3.8) is 0 Å². The van der Waals surface area contributed by atoms with E-state index in [0.29, 0.717) is 21.9 Å². The van der Waals surface area contributed by atoms with E-state index in [0.717, 1.165) is 11.1 Å². The van der Waals surface area contributed by atoms with Gasteiger partial charge in [-0.25, -0.2) is 0 Å². The van der Waals surface area contributed by atoms with Crippen molar-refractivity contribution in [2.45, 2.75) is 13.8 Å². The molecule has 0 unspecified atom stereocenters. The van der Waals surface area contributed by atoms with Gasteiger partial charge in [0.1, 0.15) is 11.8 Å². The summed E-state index contributed by atoms with van der Waals surface area (Å²) in [5.41, 5.74) is 3.00. The normalized spacial score (nSPS) is 10.0. The Kier molecular flexibility index (Phi) is 4.62. The minimum atomic E-state index is -0.0864. The molecule has 0 N–H and O–H groups in total. The fourth-order valence-electron chi connectivity index (χ4n) is 1.94. The highest BCUT2D eigenvalue weighted by atomic mass is 35.5. The Balaban J connectivity index is 2.09. The van der Waals surface area contributed by atoms with Gasteiger partial charge in [-0.2, -0.15) is 5.26 Å². The number of nitrogens with zero attached hydrogens (tertiary/aromatic N) is 1. The van der Waals surface area contributed by atoms with E-state index in [2.05, 4.69) is 0 Å². The number of carbonyl (C=O) groups excluding carboxylic acids is 1. The molecule has 0 saturated heterocycles. The zero-order valence-corrected chi connectivity index (χ0v) is 12.6. The van der Waals surface area contributed by atoms with E-state index in [1.165, 1.54) is 6.07 Å². The lowest BCUT2D eigenvalue weighted by Crippen LogP contribution is -2.13. The molecule has 0 amide bonds. The molecule has 21 heavy (non-hydrogen) atoms. The van der Waals surface area contributed by atoms with Crippen LogP contribution in [-0.2, 0) is 0 Å². The fraction of sp³-hybridized carbons (Fsp3) is 0.176. The quantitative estimate of drug-likeness (QED) is 0.799. The van der Waals surface area contributed by atoms with Crippen molar-refractivity contribution < 1.29 is 9.53 Å². The molecule has 0 saturated carbocycles. The van der Waals surface area contributed by atoms with Crippen LogP contribution < -0.4 is 4.74 Å². The highest BCUT2D eigenvalue weighted by molar-refractivity contribution is 6.31. The lowest BCUT2D eigenvalue weighted by Gasteiger charge is -2.09. The van der Waals surface area contributed by atoms with Gasteiger partial charge in [-0.15, -0.1) is 0 Å². The maximum absolute atomic E-state index is 12.2. The zero-order chi connectivity index (χ0) is 15.4. The number of carbonyl (C=O) groups is 1. The summed E-state index contributed by atoms with van der Waals surface area (Å²) in [6.07, 6.45) is 0. The number of ketones is 1. The monoisotopic (exact) mass is 299 g/mol. The molecule has 4 heteroatoms. The highest BCUT2D eigenvalue weighted by Crippen LogP contribution is 2.22. The van der Waals surface area contributed by atoms with Crippen molar-refractivity contribution in [3.05, 3.63) is 63.7 Å². The van der Waals surface area contributed by atoms with Gasteiger partial charge in [0.2, 0.25) is 0 Å². The molecule has 106 valence electrons. The molecule has 2 aromatic rings. The van der Waals surface area contributed by atoms with Crippen LogP contribution in [0.15, 0.2) is 36.4 Å². The molecule has 0 aliphatic carbocycles. The third-order valence-electron chi connectivity index (χ3n) is 3.12. The molecule has 0 atom stereocenters. The van der Waals surface area contributed by atoms with Crippen LogP contribution in [0.5, 0.6) is 5.75 Å². The summed E-state index contributed by atoms with van der Waals surface area (Å²) in [6, 6.07) is 12.4. The molecule has 2 aromatic carbocycles. The number of aryl methyl sites for hydroxylation is 2. The zero-order valence-electron chi connectivity index (χ0n) is 11.8. The van der Waals surface area contributed by atoms with Crippen LogP contribution in [-0.4, -0.2) is 12.4 Å². The van der Waals surface area contributed by atoms with Gasteiger partial charge in [0, 0.05) is 11.6 Å². The van der Waals surface area contributed by atoms with Crippen molar-refractivity contribution in [1.82, 2.24) is 0 Å². The summed E-state index contributed by atoms with van der Waals surface area (Å²) in [6.45, 7) is 3.77. The maximum atomic E-state index is 12.2. The topological polar surface area (TPSA) is 50.1 Å². The van der Waals surface area contributed by atoms with Crippen LogP contribution in [0.1, 0.15) is 27.0 Å². The van der Waals surface area contributed by atoms with E-state index in [4.69, 9.17) is 21.6 Å². The lowest BCUT2D eigenvalue weighted by molar-refractivity contribution is 0.0921. The SMILES string of the molecule is Cc1ccc(C)c(C(=O)COc2ccc(C#N)c(Cl)c2)c1. The van der Waals surface area contributed by atoms with E-state index in [1.807, 2.05) is 38.1 Å². The van der Waals surface area contributed by atoms with E-state index < -0.39 is 0 Å². The maximum Gasteiger partial charge on any atom is 0.200 e. The molecule has 0 radical (unpaired) electrons. The minimum Gasteiger partial charge on any atom is -0.485 e. The summed E-state index contributed by atoms with van der Waals surface area (Å²) in [7, 11) is 0. The Morgan fingerprint density at radius 1 is 1.24 bits per heavy atom. The molecule has 0 heterocycles. The fourth-order valence-corrected chi connectivity index (χ4v) is 2.15. The highest BCUT2D eigenvalue weighted by Gasteiger charge is 2.11. The Hall–Kier alpha value is -2.31. The average Bonchev–Trinajstić information content (AvgIpc) is 2.47. The lowest BCUT2D eigenvalue weighted by atomic mass is 10.0. The molecule has 0 aliphatic heterocycles. The number of nitriles is 1. The standard InChI is InChI=1S/C17H14ClNO2/c1-11-3-4-12(2)15(7-11)17(20)10-21-14-6-5-13(9-19)16(18)8-14/h3-8H,10H2,1-2H3. The molecule has 0 spiro atoms. The Labute approximate surface area is 128 Å². The summed E-state index contributed by atoms with van der Waals surface area (Å²) in [5, 5.41) is 9.12. The van der Waals surface area contributed by atoms with Crippen molar-refractivity contribution in [1.29, 1.82) is 5.26 Å². The first-order valence-corrected chi connectivity index (χ1v) is 6.82. The molecule has 0 aromatic heterocycles. The van der Waals surface area contributed by atoms with Crippen LogP contribution in [0, 0.1) is 25.2 Å². The van der Waals surface area contributed by atoms with Gasteiger partial charge in [-0.3, -0.25) is 4.79 Å². The number of halogens is 1. The molecular weight excluding hydrogens is 286 g/mol. The van der Waals surface area contributed by atoms with Crippen molar-refractivity contribution in [2.24, 2.45) is 0 Å². The molecule has 2 rings (SSSR count). The van der Waals surface area contributed by atoms with Gasteiger partial charge < -0.3 is 4.74 Å². The predicted molar refractivity (Wildman–Crippen MR) is 81.9 cm³/mol. The predicted octanol–water partition coefficient (Wildman–Crippen LogP) is 4.09. The van der Waals surface area contributed by atoms with Crippen molar-refractivity contribution >= 4 is 17.4 Å². The van der Waals surface area contributed by atoms with E-state index in [9.17, 15) is 4.79 Å². The Bertz CT molecular complexity index is 732. The average molecular weight is 300 g/mol. The van der Waals surface area contributed by atoms with E-state index in [-0.39, 0.29) is 12.4 Å². The van der Waals surface area contributed by atoms with Gasteiger partial charge in [-0.05, 0) is 37.6 Å². The van der Waals surface area contributed by atoms with E-state index >= 15 is 0 Å². The first-order valence-electron chi connectivity index (χ1n) is 6.44. The summed E-state index contributed by atoms with van der Waals surface area (Å²) < 4.78 is 5.45. The van der Waals surface area contributed by atoms with Gasteiger partial charge in [0.05, 0.1) is 10.6 Å². The molecule has 0 aliphatic rings. The Morgan fingerprint density at radius 2 is 2.00 bits per heavy atom. The number of hydrogen-bond acceptors (Lipinski definition) is 3. The molecule has 0 fully saturated rings. The number of rotatable bonds is 4. The third-order valence-corrected chi connectivity index (χ3v) is 3.44. The second kappa shape index (κ2) is 6.43. The largest absolute Gasteiger partial charge is 0.485 e. The summed E-state index contributed by atoms with van der Waals surface area (Å²) >= 11 is 5.92. The first-order chi connectivity index (χ1) is 10.0.